The van der Waals surface area contributed by atoms with Crippen LogP contribution in [0.3, 0.4) is 0 Å². The fraction of sp³-hybridized carbons (Fsp3) is 0.750. The maximum Gasteiger partial charge on any atom is 0.330 e. The lowest BCUT2D eigenvalue weighted by atomic mass is 9.82. The Balaban J connectivity index is 4.55. The van der Waals surface area contributed by atoms with Gasteiger partial charge in [-0.2, -0.15) is 0 Å². The predicted molar refractivity (Wildman–Crippen MR) is 63.6 cm³/mol. The Kier molecular flexibility index (Phi) is 7.78. The minimum atomic E-state index is -1.05. The van der Waals surface area contributed by atoms with E-state index in [2.05, 4.69) is 0 Å². The Hall–Kier alpha value is -0.910. The van der Waals surface area contributed by atoms with E-state index >= 15 is 0 Å². The first kappa shape index (κ1) is 16.1. The summed E-state index contributed by atoms with van der Waals surface area (Å²) in [5.41, 5.74) is -0.756. The topological polar surface area (TPSA) is 98.0 Å². The summed E-state index contributed by atoms with van der Waals surface area (Å²) < 4.78 is 0. The zero-order chi connectivity index (χ0) is 13.3. The molecule has 4 N–H and O–H groups in total. The first-order valence-electron chi connectivity index (χ1n) is 5.76. The van der Waals surface area contributed by atoms with Gasteiger partial charge in [0, 0.05) is 17.6 Å². The highest BCUT2D eigenvalue weighted by atomic mass is 16.4. The van der Waals surface area contributed by atoms with Gasteiger partial charge in [0.25, 0.3) is 0 Å². The smallest absolute Gasteiger partial charge is 0.330 e. The van der Waals surface area contributed by atoms with Gasteiger partial charge in [-0.3, -0.25) is 0 Å². The van der Waals surface area contributed by atoms with E-state index in [1.165, 1.54) is 13.0 Å². The van der Waals surface area contributed by atoms with Crippen molar-refractivity contribution < 1.29 is 25.2 Å². The standard InChI is InChI=1S/C12H22O5/c1-10(11(16)17)7-12(8-14,9-15)5-3-2-4-6-13/h7,13-15H,2-6,8-9H2,1H3,(H,16,17). The third kappa shape index (κ3) is 5.81. The van der Waals surface area contributed by atoms with E-state index < -0.39 is 11.4 Å². The summed E-state index contributed by atoms with van der Waals surface area (Å²) in [6.07, 6.45) is 4.12. The number of carbonyl (C=O) groups is 1. The predicted octanol–water partition coefficient (Wildman–Crippen LogP) is 0.541. The van der Waals surface area contributed by atoms with Crippen LogP contribution in [0.2, 0.25) is 0 Å². The molecular formula is C12H22O5. The van der Waals surface area contributed by atoms with E-state index in [1.807, 2.05) is 0 Å². The summed E-state index contributed by atoms with van der Waals surface area (Å²) in [5.74, 6) is -1.05. The van der Waals surface area contributed by atoms with Crippen molar-refractivity contribution in [1.82, 2.24) is 0 Å². The number of hydrogen-bond acceptors (Lipinski definition) is 4. The molecule has 0 aromatic heterocycles. The largest absolute Gasteiger partial charge is 0.478 e. The normalized spacial score (nSPS) is 12.8. The summed E-state index contributed by atoms with van der Waals surface area (Å²) in [7, 11) is 0. The molecule has 0 rings (SSSR count). The minimum Gasteiger partial charge on any atom is -0.478 e. The fourth-order valence-corrected chi connectivity index (χ4v) is 1.66. The third-order valence-corrected chi connectivity index (χ3v) is 2.82. The van der Waals surface area contributed by atoms with Crippen molar-refractivity contribution in [2.24, 2.45) is 5.41 Å². The highest BCUT2D eigenvalue weighted by Gasteiger charge is 2.26. The molecule has 0 aliphatic carbocycles. The second-order valence-corrected chi connectivity index (χ2v) is 4.35. The third-order valence-electron chi connectivity index (χ3n) is 2.82. The molecule has 0 amide bonds. The molecule has 0 radical (unpaired) electrons. The van der Waals surface area contributed by atoms with Crippen molar-refractivity contribution >= 4 is 5.97 Å². The number of aliphatic hydroxyl groups is 3. The van der Waals surface area contributed by atoms with E-state index in [0.717, 1.165) is 12.8 Å². The Bertz CT molecular complexity index is 256. The van der Waals surface area contributed by atoms with Crippen LogP contribution in [0.1, 0.15) is 32.6 Å². The molecule has 5 heteroatoms. The Morgan fingerprint density at radius 3 is 2.12 bits per heavy atom. The van der Waals surface area contributed by atoms with Crippen LogP contribution >= 0.6 is 0 Å². The van der Waals surface area contributed by atoms with Gasteiger partial charge in [0.15, 0.2) is 0 Å². The van der Waals surface area contributed by atoms with Crippen molar-refractivity contribution in [3.63, 3.8) is 0 Å². The van der Waals surface area contributed by atoms with Gasteiger partial charge in [-0.05, 0) is 19.8 Å². The van der Waals surface area contributed by atoms with Crippen LogP contribution < -0.4 is 0 Å². The van der Waals surface area contributed by atoms with Crippen LogP contribution in [-0.4, -0.2) is 46.2 Å². The maximum atomic E-state index is 10.7. The molecule has 0 unspecified atom stereocenters. The van der Waals surface area contributed by atoms with Crippen LogP contribution in [0.4, 0.5) is 0 Å². The van der Waals surface area contributed by atoms with Crippen LogP contribution in [-0.2, 0) is 4.79 Å². The van der Waals surface area contributed by atoms with Gasteiger partial charge in [0.2, 0.25) is 0 Å². The van der Waals surface area contributed by atoms with Gasteiger partial charge in [-0.1, -0.05) is 18.9 Å². The van der Waals surface area contributed by atoms with Crippen molar-refractivity contribution in [3.8, 4) is 0 Å². The monoisotopic (exact) mass is 246 g/mol. The van der Waals surface area contributed by atoms with E-state index in [9.17, 15) is 15.0 Å². The van der Waals surface area contributed by atoms with Crippen molar-refractivity contribution in [2.75, 3.05) is 19.8 Å². The summed E-state index contributed by atoms with van der Waals surface area (Å²) in [6.45, 7) is 0.992. The lowest BCUT2D eigenvalue weighted by Gasteiger charge is -2.26. The molecule has 17 heavy (non-hydrogen) atoms. The van der Waals surface area contributed by atoms with E-state index in [4.69, 9.17) is 10.2 Å². The van der Waals surface area contributed by atoms with Crippen LogP contribution in [0.25, 0.3) is 0 Å². The van der Waals surface area contributed by atoms with Gasteiger partial charge in [-0.25, -0.2) is 4.79 Å². The zero-order valence-electron chi connectivity index (χ0n) is 10.2. The van der Waals surface area contributed by atoms with Crippen LogP contribution in [0.15, 0.2) is 11.6 Å². The van der Waals surface area contributed by atoms with Crippen LogP contribution in [0.5, 0.6) is 0 Å². The second-order valence-electron chi connectivity index (χ2n) is 4.35. The van der Waals surface area contributed by atoms with Crippen molar-refractivity contribution in [1.29, 1.82) is 0 Å². The zero-order valence-corrected chi connectivity index (χ0v) is 10.2. The van der Waals surface area contributed by atoms with Gasteiger partial charge in [-0.15, -0.1) is 0 Å². The Labute approximate surface area is 101 Å². The van der Waals surface area contributed by atoms with E-state index in [-0.39, 0.29) is 25.4 Å². The molecule has 0 aliphatic heterocycles. The lowest BCUT2D eigenvalue weighted by molar-refractivity contribution is -0.132. The summed E-state index contributed by atoms with van der Waals surface area (Å²) in [5, 5.41) is 36.1. The number of rotatable bonds is 9. The quantitative estimate of drug-likeness (QED) is 0.351. The van der Waals surface area contributed by atoms with E-state index in [0.29, 0.717) is 12.8 Å². The molecule has 5 nitrogen and oxygen atoms in total. The molecule has 0 heterocycles. The van der Waals surface area contributed by atoms with Crippen LogP contribution in [0, 0.1) is 5.41 Å². The van der Waals surface area contributed by atoms with Gasteiger partial charge in [0.1, 0.15) is 0 Å². The fourth-order valence-electron chi connectivity index (χ4n) is 1.66. The molecule has 0 aromatic carbocycles. The van der Waals surface area contributed by atoms with Gasteiger partial charge < -0.3 is 20.4 Å². The first-order valence-corrected chi connectivity index (χ1v) is 5.76. The summed E-state index contributed by atoms with van der Waals surface area (Å²) in [4.78, 5) is 10.7. The molecule has 0 saturated heterocycles. The first-order chi connectivity index (χ1) is 8.01. The molecule has 0 fully saturated rings. The second kappa shape index (κ2) is 8.22. The molecule has 0 atom stereocenters. The molecule has 0 spiro atoms. The lowest BCUT2D eigenvalue weighted by Crippen LogP contribution is -2.28. The van der Waals surface area contributed by atoms with Crippen molar-refractivity contribution in [3.05, 3.63) is 11.6 Å². The summed E-state index contributed by atoms with van der Waals surface area (Å²) >= 11 is 0. The molecule has 0 bridgehead atoms. The number of carboxylic acid groups (broad SMARTS) is 1. The maximum absolute atomic E-state index is 10.7. The molecular weight excluding hydrogens is 224 g/mol. The highest BCUT2D eigenvalue weighted by Crippen LogP contribution is 2.27. The molecule has 100 valence electrons. The number of aliphatic hydroxyl groups excluding tert-OH is 3. The van der Waals surface area contributed by atoms with E-state index in [1.54, 1.807) is 0 Å². The average molecular weight is 246 g/mol. The Morgan fingerprint density at radius 1 is 1.12 bits per heavy atom. The average Bonchev–Trinajstić information content (AvgIpc) is 2.33. The number of carboxylic acids is 1. The SMILES string of the molecule is CC(=CC(CO)(CO)CCCCCO)C(=O)O. The number of aliphatic carboxylic acids is 1. The molecule has 0 aromatic rings. The highest BCUT2D eigenvalue weighted by molar-refractivity contribution is 5.85. The minimum absolute atomic E-state index is 0.120. The van der Waals surface area contributed by atoms with Crippen molar-refractivity contribution in [2.45, 2.75) is 32.6 Å². The van der Waals surface area contributed by atoms with Gasteiger partial charge in [0.05, 0.1) is 13.2 Å². The number of hydrogen-bond donors (Lipinski definition) is 4. The number of unbranched alkanes of at least 4 members (excludes halogenated alkanes) is 2. The molecule has 0 saturated carbocycles. The molecule has 0 aliphatic rings. The van der Waals surface area contributed by atoms with Gasteiger partial charge >= 0.3 is 5.97 Å². The summed E-state index contributed by atoms with van der Waals surface area (Å²) in [6, 6.07) is 0. The Morgan fingerprint density at radius 2 is 1.71 bits per heavy atom.